The lowest BCUT2D eigenvalue weighted by molar-refractivity contribution is -0.150. The second-order valence-electron chi connectivity index (χ2n) is 3.76. The molecule has 1 aliphatic rings. The number of carbonyl (C=O) groups excluding carboxylic acids is 1. The van der Waals surface area contributed by atoms with Crippen LogP contribution in [0.25, 0.3) is 0 Å². The Morgan fingerprint density at radius 3 is 2.74 bits per heavy atom. The third-order valence-corrected chi connectivity index (χ3v) is 2.96. The first kappa shape index (κ1) is 13.8. The molecule has 1 unspecified atom stereocenters. The zero-order valence-corrected chi connectivity index (χ0v) is 11.2. The number of ether oxygens (including phenoxy) is 4. The lowest BCUT2D eigenvalue weighted by atomic mass is 10.1. The molecular formula is C12H13ClO6. The standard InChI is InChI=1S/C12H13ClO6/c1-16-10-6(13)5-7-11(19-4-3-18-7)8(10)9(14)12(15)17-2/h5,9,14H,3-4H2,1-2H3. The highest BCUT2D eigenvalue weighted by Gasteiger charge is 2.32. The molecule has 0 aromatic heterocycles. The Morgan fingerprint density at radius 2 is 2.11 bits per heavy atom. The Labute approximate surface area is 114 Å². The number of methoxy groups -OCH3 is 2. The topological polar surface area (TPSA) is 74.2 Å². The summed E-state index contributed by atoms with van der Waals surface area (Å²) in [4.78, 5) is 11.5. The van der Waals surface area contributed by atoms with Crippen molar-refractivity contribution in [2.24, 2.45) is 0 Å². The Hall–Kier alpha value is -1.66. The van der Waals surface area contributed by atoms with Crippen molar-refractivity contribution < 1.29 is 28.8 Å². The van der Waals surface area contributed by atoms with Gasteiger partial charge in [0.1, 0.15) is 19.0 Å². The minimum absolute atomic E-state index is 0.108. The maximum Gasteiger partial charge on any atom is 0.339 e. The van der Waals surface area contributed by atoms with E-state index in [1.165, 1.54) is 20.3 Å². The summed E-state index contributed by atoms with van der Waals surface area (Å²) in [5.41, 5.74) is 0.108. The number of halogens is 1. The van der Waals surface area contributed by atoms with Gasteiger partial charge in [0.05, 0.1) is 24.8 Å². The second-order valence-corrected chi connectivity index (χ2v) is 4.16. The summed E-state index contributed by atoms with van der Waals surface area (Å²) in [6.45, 7) is 0.669. The van der Waals surface area contributed by atoms with Crippen LogP contribution in [0.5, 0.6) is 17.2 Å². The van der Waals surface area contributed by atoms with E-state index < -0.39 is 12.1 Å². The van der Waals surface area contributed by atoms with Crippen LogP contribution in [0.4, 0.5) is 0 Å². The minimum atomic E-state index is -1.56. The van der Waals surface area contributed by atoms with Gasteiger partial charge in [-0.1, -0.05) is 11.6 Å². The molecule has 19 heavy (non-hydrogen) atoms. The van der Waals surface area contributed by atoms with Crippen LogP contribution in [0, 0.1) is 0 Å². The highest BCUT2D eigenvalue weighted by Crippen LogP contribution is 2.47. The zero-order valence-electron chi connectivity index (χ0n) is 10.4. The number of benzene rings is 1. The average molecular weight is 289 g/mol. The molecular weight excluding hydrogens is 276 g/mol. The molecule has 7 heteroatoms. The zero-order chi connectivity index (χ0) is 14.0. The van der Waals surface area contributed by atoms with Crippen LogP contribution in [-0.4, -0.2) is 38.5 Å². The molecule has 1 atom stereocenters. The van der Waals surface area contributed by atoms with Crippen LogP contribution in [0.3, 0.4) is 0 Å². The average Bonchev–Trinajstić information content (AvgIpc) is 2.44. The van der Waals surface area contributed by atoms with Crippen LogP contribution < -0.4 is 14.2 Å². The maximum absolute atomic E-state index is 11.5. The van der Waals surface area contributed by atoms with Crippen molar-refractivity contribution in [1.82, 2.24) is 0 Å². The van der Waals surface area contributed by atoms with E-state index in [2.05, 4.69) is 4.74 Å². The second kappa shape index (κ2) is 5.54. The van der Waals surface area contributed by atoms with E-state index in [1.54, 1.807) is 0 Å². The van der Waals surface area contributed by atoms with Gasteiger partial charge in [-0.3, -0.25) is 0 Å². The van der Waals surface area contributed by atoms with Gasteiger partial charge in [-0.2, -0.15) is 0 Å². The number of rotatable bonds is 3. The normalized spacial score (nSPS) is 14.7. The molecule has 0 saturated heterocycles. The van der Waals surface area contributed by atoms with E-state index in [0.717, 1.165) is 0 Å². The number of carbonyl (C=O) groups is 1. The van der Waals surface area contributed by atoms with Crippen molar-refractivity contribution in [2.45, 2.75) is 6.10 Å². The fourth-order valence-corrected chi connectivity index (χ4v) is 2.13. The summed E-state index contributed by atoms with van der Waals surface area (Å²) in [6, 6.07) is 1.52. The fraction of sp³-hybridized carbons (Fsp3) is 0.417. The summed E-state index contributed by atoms with van der Waals surface area (Å²) in [7, 11) is 2.55. The van der Waals surface area contributed by atoms with Gasteiger partial charge in [0.15, 0.2) is 17.6 Å². The third-order valence-electron chi connectivity index (χ3n) is 2.68. The van der Waals surface area contributed by atoms with Gasteiger partial charge in [-0.05, 0) is 0 Å². The van der Waals surface area contributed by atoms with Crippen molar-refractivity contribution in [2.75, 3.05) is 27.4 Å². The fourth-order valence-electron chi connectivity index (χ4n) is 1.85. The van der Waals surface area contributed by atoms with Crippen LogP contribution in [-0.2, 0) is 9.53 Å². The van der Waals surface area contributed by atoms with Gasteiger partial charge < -0.3 is 24.1 Å². The number of aliphatic hydroxyl groups excluding tert-OH is 1. The van der Waals surface area contributed by atoms with Crippen LogP contribution in [0.2, 0.25) is 5.02 Å². The van der Waals surface area contributed by atoms with Gasteiger partial charge in [-0.15, -0.1) is 0 Å². The van der Waals surface area contributed by atoms with Crippen molar-refractivity contribution in [3.05, 3.63) is 16.7 Å². The Kier molecular flexibility index (Phi) is 4.01. The number of hydrogen-bond donors (Lipinski definition) is 1. The molecule has 0 fully saturated rings. The van der Waals surface area contributed by atoms with Crippen molar-refractivity contribution in [3.8, 4) is 17.2 Å². The molecule has 0 aliphatic carbocycles. The van der Waals surface area contributed by atoms with Gasteiger partial charge in [0, 0.05) is 6.07 Å². The monoisotopic (exact) mass is 288 g/mol. The maximum atomic E-state index is 11.5. The van der Waals surface area contributed by atoms with Crippen LogP contribution in [0.15, 0.2) is 6.07 Å². The quantitative estimate of drug-likeness (QED) is 0.846. The molecule has 1 aromatic carbocycles. The Bertz CT molecular complexity index is 501. The number of esters is 1. The summed E-state index contributed by atoms with van der Waals surface area (Å²) >= 11 is 6.03. The Morgan fingerprint density at radius 1 is 1.42 bits per heavy atom. The van der Waals surface area contributed by atoms with Crippen molar-refractivity contribution in [3.63, 3.8) is 0 Å². The highest BCUT2D eigenvalue weighted by atomic mass is 35.5. The summed E-state index contributed by atoms with van der Waals surface area (Å²) < 4.78 is 20.5. The molecule has 1 aromatic rings. The summed E-state index contributed by atoms with van der Waals surface area (Å²) in [5.74, 6) is -0.0823. The van der Waals surface area contributed by atoms with Crippen molar-refractivity contribution >= 4 is 17.6 Å². The largest absolute Gasteiger partial charge is 0.495 e. The summed E-state index contributed by atoms with van der Waals surface area (Å²) in [6.07, 6.45) is -1.56. The molecule has 0 bridgehead atoms. The van der Waals surface area contributed by atoms with E-state index >= 15 is 0 Å². The molecule has 0 radical (unpaired) electrons. The predicted molar refractivity (Wildman–Crippen MR) is 66.0 cm³/mol. The summed E-state index contributed by atoms with van der Waals surface area (Å²) in [5, 5.41) is 10.2. The molecule has 104 valence electrons. The van der Waals surface area contributed by atoms with E-state index in [0.29, 0.717) is 19.0 Å². The molecule has 1 N–H and O–H groups in total. The van der Waals surface area contributed by atoms with Gasteiger partial charge >= 0.3 is 5.97 Å². The van der Waals surface area contributed by atoms with E-state index in [4.69, 9.17) is 25.8 Å². The third kappa shape index (κ3) is 2.41. The molecule has 0 saturated carbocycles. The van der Waals surface area contributed by atoms with Crippen LogP contribution in [0.1, 0.15) is 11.7 Å². The van der Waals surface area contributed by atoms with Gasteiger partial charge in [-0.25, -0.2) is 4.79 Å². The Balaban J connectivity index is 2.60. The van der Waals surface area contributed by atoms with E-state index in [1.807, 2.05) is 0 Å². The smallest absolute Gasteiger partial charge is 0.339 e. The molecule has 0 amide bonds. The number of aliphatic hydroxyl groups is 1. The first-order valence-electron chi connectivity index (χ1n) is 5.52. The molecule has 1 aliphatic heterocycles. The van der Waals surface area contributed by atoms with Gasteiger partial charge in [0.25, 0.3) is 0 Å². The molecule has 1 heterocycles. The molecule has 2 rings (SSSR count). The highest BCUT2D eigenvalue weighted by molar-refractivity contribution is 6.32. The number of fused-ring (bicyclic) bond motifs is 1. The number of hydrogen-bond acceptors (Lipinski definition) is 6. The van der Waals surface area contributed by atoms with Gasteiger partial charge in [0.2, 0.25) is 0 Å². The van der Waals surface area contributed by atoms with E-state index in [9.17, 15) is 9.90 Å². The van der Waals surface area contributed by atoms with E-state index in [-0.39, 0.29) is 22.1 Å². The first-order valence-corrected chi connectivity index (χ1v) is 5.89. The molecule has 0 spiro atoms. The lowest BCUT2D eigenvalue weighted by Crippen LogP contribution is -2.21. The minimum Gasteiger partial charge on any atom is -0.495 e. The predicted octanol–water partition coefficient (Wildman–Crippen LogP) is 1.33. The molecule has 6 nitrogen and oxygen atoms in total. The SMILES string of the molecule is COC(=O)C(O)c1c(OC)c(Cl)cc2c1OCCO2. The lowest BCUT2D eigenvalue weighted by Gasteiger charge is -2.24. The van der Waals surface area contributed by atoms with Crippen molar-refractivity contribution in [1.29, 1.82) is 0 Å². The van der Waals surface area contributed by atoms with Crippen LogP contribution >= 0.6 is 11.6 Å². The first-order chi connectivity index (χ1) is 9.10.